The molecule has 0 aliphatic rings. The molecule has 0 aliphatic carbocycles. The Balaban J connectivity index is 2.60. The Morgan fingerprint density at radius 3 is 2.71 bits per heavy atom. The Morgan fingerprint density at radius 1 is 1.41 bits per heavy atom. The van der Waals surface area contributed by atoms with Gasteiger partial charge < -0.3 is 10.1 Å². The van der Waals surface area contributed by atoms with Crippen LogP contribution in [0.25, 0.3) is 0 Å². The summed E-state index contributed by atoms with van der Waals surface area (Å²) in [6.07, 6.45) is 0. The number of hydrogen-bond donors (Lipinski definition) is 1. The zero-order valence-corrected chi connectivity index (χ0v) is 11.4. The van der Waals surface area contributed by atoms with Crippen molar-refractivity contribution in [3.63, 3.8) is 0 Å². The topological polar surface area (TPSA) is 64.9 Å². The van der Waals surface area contributed by atoms with Crippen molar-refractivity contribution in [3.8, 4) is 0 Å². The third-order valence-corrected chi connectivity index (χ3v) is 2.95. The van der Waals surface area contributed by atoms with Crippen LogP contribution in [0.2, 0.25) is 0 Å². The summed E-state index contributed by atoms with van der Waals surface area (Å²) in [6.45, 7) is 10.8. The van der Waals surface area contributed by atoms with E-state index in [2.05, 4.69) is 48.5 Å². The van der Waals surface area contributed by atoms with Crippen LogP contribution in [0.4, 0.5) is 0 Å². The van der Waals surface area contributed by atoms with Gasteiger partial charge in [-0.1, -0.05) is 20.8 Å². The van der Waals surface area contributed by atoms with Gasteiger partial charge in [-0.05, 0) is 22.8 Å². The molecule has 0 bridgehead atoms. The Morgan fingerprint density at radius 2 is 2.12 bits per heavy atom. The second-order valence-electron chi connectivity index (χ2n) is 5.25. The monoisotopic (exact) mass is 241 g/mol. The van der Waals surface area contributed by atoms with Crippen LogP contribution in [0.15, 0.2) is 0 Å². The number of hydrogen-bond acceptors (Lipinski definition) is 5. The van der Waals surface area contributed by atoms with Crippen molar-refractivity contribution < 1.29 is 4.74 Å². The molecule has 0 aliphatic heterocycles. The molecule has 0 saturated heterocycles. The first-order chi connectivity index (χ1) is 7.96. The largest absolute Gasteiger partial charge is 0.383 e. The Hall–Kier alpha value is -1.01. The number of methoxy groups -OCH3 is 1. The number of nitrogens with one attached hydrogen (secondary N) is 1. The predicted molar refractivity (Wildman–Crippen MR) is 65.6 cm³/mol. The molecule has 98 valence electrons. The molecule has 17 heavy (non-hydrogen) atoms. The molecule has 0 aromatic carbocycles. The Kier molecular flexibility index (Phi) is 5.02. The molecule has 1 N–H and O–H groups in total. The lowest BCUT2D eigenvalue weighted by Gasteiger charge is -2.27. The van der Waals surface area contributed by atoms with Crippen LogP contribution in [-0.4, -0.2) is 40.5 Å². The van der Waals surface area contributed by atoms with Gasteiger partial charge in [0.15, 0.2) is 5.82 Å². The van der Waals surface area contributed by atoms with Crippen molar-refractivity contribution in [1.82, 2.24) is 25.5 Å². The van der Waals surface area contributed by atoms with Gasteiger partial charge in [-0.3, -0.25) is 0 Å². The van der Waals surface area contributed by atoms with Gasteiger partial charge in [0.1, 0.15) is 0 Å². The summed E-state index contributed by atoms with van der Waals surface area (Å²) in [5.41, 5.74) is 0.136. The number of nitrogens with zero attached hydrogens (tertiary/aromatic N) is 4. The number of tetrazole rings is 1. The summed E-state index contributed by atoms with van der Waals surface area (Å²) in [5.74, 6) is 0.864. The van der Waals surface area contributed by atoms with Crippen LogP contribution in [0.5, 0.6) is 0 Å². The van der Waals surface area contributed by atoms with E-state index in [-0.39, 0.29) is 11.5 Å². The van der Waals surface area contributed by atoms with Gasteiger partial charge in [0, 0.05) is 13.7 Å². The van der Waals surface area contributed by atoms with E-state index in [9.17, 15) is 0 Å². The van der Waals surface area contributed by atoms with Crippen molar-refractivity contribution >= 4 is 0 Å². The van der Waals surface area contributed by atoms with Crippen LogP contribution < -0.4 is 5.32 Å². The molecule has 1 rings (SSSR count). The maximum Gasteiger partial charge on any atom is 0.165 e. The van der Waals surface area contributed by atoms with Crippen molar-refractivity contribution in [2.45, 2.75) is 40.3 Å². The molecule has 0 radical (unpaired) electrons. The number of rotatable bonds is 6. The highest BCUT2D eigenvalue weighted by Gasteiger charge is 2.24. The Bertz CT molecular complexity index is 331. The van der Waals surface area contributed by atoms with Gasteiger partial charge in [-0.15, -0.1) is 5.10 Å². The van der Waals surface area contributed by atoms with E-state index < -0.39 is 0 Å². The lowest BCUT2D eigenvalue weighted by molar-refractivity contribution is 0.197. The van der Waals surface area contributed by atoms with E-state index in [1.54, 1.807) is 7.11 Å². The van der Waals surface area contributed by atoms with Crippen molar-refractivity contribution in [2.75, 3.05) is 20.3 Å². The zero-order valence-electron chi connectivity index (χ0n) is 11.4. The molecule has 0 saturated carbocycles. The molecular formula is C11H23N5O. The van der Waals surface area contributed by atoms with E-state index in [1.165, 1.54) is 0 Å². The Labute approximate surface area is 103 Å². The first-order valence-corrected chi connectivity index (χ1v) is 5.93. The van der Waals surface area contributed by atoms with Crippen molar-refractivity contribution in [2.24, 2.45) is 5.41 Å². The quantitative estimate of drug-likeness (QED) is 0.753. The highest BCUT2D eigenvalue weighted by atomic mass is 16.5. The highest BCUT2D eigenvalue weighted by molar-refractivity contribution is 4.86. The summed E-state index contributed by atoms with van der Waals surface area (Å²) >= 11 is 0. The summed E-state index contributed by atoms with van der Waals surface area (Å²) < 4.78 is 6.86. The van der Waals surface area contributed by atoms with E-state index >= 15 is 0 Å². The molecule has 0 amide bonds. The molecule has 6 nitrogen and oxygen atoms in total. The first-order valence-electron chi connectivity index (χ1n) is 5.93. The minimum Gasteiger partial charge on any atom is -0.383 e. The molecule has 1 aromatic heterocycles. The van der Waals surface area contributed by atoms with E-state index in [1.807, 2.05) is 4.68 Å². The van der Waals surface area contributed by atoms with Gasteiger partial charge in [-0.25, -0.2) is 4.68 Å². The maximum atomic E-state index is 4.97. The van der Waals surface area contributed by atoms with E-state index in [0.717, 1.165) is 12.4 Å². The van der Waals surface area contributed by atoms with Crippen LogP contribution >= 0.6 is 0 Å². The zero-order chi connectivity index (χ0) is 12.9. The average molecular weight is 241 g/mol. The number of aromatic nitrogens is 4. The van der Waals surface area contributed by atoms with Crippen molar-refractivity contribution in [1.29, 1.82) is 0 Å². The lowest BCUT2D eigenvalue weighted by Crippen LogP contribution is -2.27. The molecule has 1 unspecified atom stereocenters. The van der Waals surface area contributed by atoms with Gasteiger partial charge >= 0.3 is 0 Å². The SMILES string of the molecule is COCCNCc1nnnn1C(C)C(C)(C)C. The summed E-state index contributed by atoms with van der Waals surface area (Å²) in [4.78, 5) is 0. The van der Waals surface area contributed by atoms with Crippen LogP contribution in [0.1, 0.15) is 39.6 Å². The average Bonchev–Trinajstić information content (AvgIpc) is 2.70. The second-order valence-corrected chi connectivity index (χ2v) is 5.25. The van der Waals surface area contributed by atoms with Crippen LogP contribution in [0, 0.1) is 5.41 Å². The number of ether oxygens (including phenoxy) is 1. The fourth-order valence-electron chi connectivity index (χ4n) is 1.37. The maximum absolute atomic E-state index is 4.97. The fourth-order valence-corrected chi connectivity index (χ4v) is 1.37. The lowest BCUT2D eigenvalue weighted by atomic mass is 9.88. The molecule has 1 atom stereocenters. The molecular weight excluding hydrogens is 218 g/mol. The third kappa shape index (κ3) is 4.05. The molecule has 1 aromatic rings. The van der Waals surface area contributed by atoms with Gasteiger partial charge in [0.2, 0.25) is 0 Å². The standard InChI is InChI=1S/C11H23N5O/c1-9(11(2,3)4)16-10(13-14-15-16)8-12-6-7-17-5/h9,12H,6-8H2,1-5H3. The van der Waals surface area contributed by atoms with Gasteiger partial charge in [0.05, 0.1) is 19.2 Å². The molecule has 0 spiro atoms. The van der Waals surface area contributed by atoms with E-state index in [4.69, 9.17) is 4.74 Å². The summed E-state index contributed by atoms with van der Waals surface area (Å²) in [7, 11) is 1.69. The second kappa shape index (κ2) is 6.07. The molecule has 1 heterocycles. The van der Waals surface area contributed by atoms with Gasteiger partial charge in [0.25, 0.3) is 0 Å². The third-order valence-electron chi connectivity index (χ3n) is 2.95. The minimum absolute atomic E-state index is 0.136. The van der Waals surface area contributed by atoms with Crippen LogP contribution in [0.3, 0.4) is 0 Å². The van der Waals surface area contributed by atoms with Crippen molar-refractivity contribution in [3.05, 3.63) is 5.82 Å². The fraction of sp³-hybridized carbons (Fsp3) is 0.909. The first kappa shape index (κ1) is 14.1. The smallest absolute Gasteiger partial charge is 0.165 e. The summed E-state index contributed by atoms with van der Waals surface area (Å²) in [5, 5.41) is 15.1. The van der Waals surface area contributed by atoms with Gasteiger partial charge in [-0.2, -0.15) is 0 Å². The van der Waals surface area contributed by atoms with Crippen LogP contribution in [-0.2, 0) is 11.3 Å². The molecule has 0 fully saturated rings. The minimum atomic E-state index is 0.136. The predicted octanol–water partition coefficient (Wildman–Crippen LogP) is 1.02. The summed E-state index contributed by atoms with van der Waals surface area (Å²) in [6, 6.07) is 0.261. The van der Waals surface area contributed by atoms with E-state index in [0.29, 0.717) is 13.2 Å². The normalized spacial score (nSPS) is 13.9. The highest BCUT2D eigenvalue weighted by Crippen LogP contribution is 2.29. The molecule has 6 heteroatoms.